The second kappa shape index (κ2) is 8.47. The number of benzene rings is 2. The van der Waals surface area contributed by atoms with Crippen LogP contribution in [-0.4, -0.2) is 79.7 Å². The maximum absolute atomic E-state index is 12.8. The van der Waals surface area contributed by atoms with E-state index in [9.17, 15) is 45.3 Å². The van der Waals surface area contributed by atoms with Crippen LogP contribution in [0.2, 0.25) is 0 Å². The first kappa shape index (κ1) is 23.3. The number of hydrogen-bond acceptors (Lipinski definition) is 12. The minimum atomic E-state index is -1.52. The van der Waals surface area contributed by atoms with Crippen molar-refractivity contribution in [2.45, 2.75) is 30.7 Å². The molecule has 4 rings (SSSR count). The summed E-state index contributed by atoms with van der Waals surface area (Å²) in [6.07, 6.45) is -4.32. The average Bonchev–Trinajstić information content (AvgIpc) is 2.81. The minimum Gasteiger partial charge on any atom is -0.504 e. The molecule has 1 aliphatic carbocycles. The lowest BCUT2D eigenvalue weighted by molar-refractivity contribution is -0.138. The number of phenolic OH excluding ortho intramolecular Hbond substituents is 5. The molecule has 7 N–H and O–H groups in total. The molecule has 1 aliphatic heterocycles. The Labute approximate surface area is 191 Å². The van der Waals surface area contributed by atoms with Crippen LogP contribution in [0.15, 0.2) is 18.2 Å². The summed E-state index contributed by atoms with van der Waals surface area (Å²) >= 11 is 0. The average molecular weight is 478 g/mol. The molecular weight excluding hydrogens is 456 g/mol. The third-order valence-electron chi connectivity index (χ3n) is 6.21. The largest absolute Gasteiger partial charge is 0.504 e. The third kappa shape index (κ3) is 3.56. The van der Waals surface area contributed by atoms with E-state index < -0.39 is 77.4 Å². The monoisotopic (exact) mass is 478 g/mol. The van der Waals surface area contributed by atoms with E-state index in [0.717, 1.165) is 18.2 Å². The molecular formula is C22H22O12. The fraction of sp³-hybridized carbons (Fsp3) is 0.364. The molecule has 0 saturated heterocycles. The minimum absolute atomic E-state index is 0.0116. The summed E-state index contributed by atoms with van der Waals surface area (Å²) < 4.78 is 15.7. The van der Waals surface area contributed by atoms with Gasteiger partial charge in [-0.1, -0.05) is 0 Å². The van der Waals surface area contributed by atoms with Crippen molar-refractivity contribution in [3.8, 4) is 34.5 Å². The number of fused-ring (bicyclic) bond motifs is 3. The SMILES string of the molecule is COc1cc(C(=O)OC2C(O)C(CO)CC3c4c(cc(O)c(O)c4O)C(=O)OC32)cc(O)c1O. The summed E-state index contributed by atoms with van der Waals surface area (Å²) in [5, 5.41) is 70.4. The Morgan fingerprint density at radius 2 is 1.74 bits per heavy atom. The highest BCUT2D eigenvalue weighted by atomic mass is 16.6. The molecule has 0 spiro atoms. The first-order valence-electron chi connectivity index (χ1n) is 10.2. The van der Waals surface area contributed by atoms with Gasteiger partial charge in [0, 0.05) is 24.0 Å². The second-order valence-corrected chi connectivity index (χ2v) is 8.12. The highest BCUT2D eigenvalue weighted by molar-refractivity contribution is 5.95. The summed E-state index contributed by atoms with van der Waals surface area (Å²) in [4.78, 5) is 25.5. The van der Waals surface area contributed by atoms with Crippen LogP contribution in [0.4, 0.5) is 0 Å². The van der Waals surface area contributed by atoms with Crippen LogP contribution in [0.5, 0.6) is 34.5 Å². The van der Waals surface area contributed by atoms with Crippen LogP contribution in [0.1, 0.15) is 38.6 Å². The number of rotatable bonds is 4. The number of aromatic hydroxyl groups is 5. The van der Waals surface area contributed by atoms with Crippen LogP contribution in [0, 0.1) is 5.92 Å². The van der Waals surface area contributed by atoms with Crippen LogP contribution < -0.4 is 4.74 Å². The normalized spacial score (nSPS) is 25.6. The van der Waals surface area contributed by atoms with E-state index in [1.807, 2.05) is 0 Å². The van der Waals surface area contributed by atoms with Gasteiger partial charge in [0.15, 0.2) is 29.1 Å². The lowest BCUT2D eigenvalue weighted by atomic mass is 9.70. The molecule has 12 nitrogen and oxygen atoms in total. The lowest BCUT2D eigenvalue weighted by Crippen LogP contribution is -2.56. The number of phenols is 5. The highest BCUT2D eigenvalue weighted by Crippen LogP contribution is 2.51. The molecule has 2 aliphatic rings. The molecule has 1 heterocycles. The predicted molar refractivity (Wildman–Crippen MR) is 110 cm³/mol. The lowest BCUT2D eigenvalue weighted by Gasteiger charge is -2.45. The maximum Gasteiger partial charge on any atom is 0.339 e. The van der Waals surface area contributed by atoms with Crippen molar-refractivity contribution < 1.29 is 59.5 Å². The van der Waals surface area contributed by atoms with Crippen LogP contribution >= 0.6 is 0 Å². The van der Waals surface area contributed by atoms with E-state index in [1.165, 1.54) is 7.11 Å². The van der Waals surface area contributed by atoms with Crippen molar-refractivity contribution in [3.63, 3.8) is 0 Å². The maximum atomic E-state index is 12.8. The fourth-order valence-electron chi connectivity index (χ4n) is 4.49. The van der Waals surface area contributed by atoms with Crippen molar-refractivity contribution in [1.29, 1.82) is 0 Å². The van der Waals surface area contributed by atoms with Crippen LogP contribution in [0.25, 0.3) is 0 Å². The van der Waals surface area contributed by atoms with E-state index in [-0.39, 0.29) is 28.9 Å². The van der Waals surface area contributed by atoms with Gasteiger partial charge in [-0.25, -0.2) is 9.59 Å². The second-order valence-electron chi connectivity index (χ2n) is 8.12. The molecule has 0 radical (unpaired) electrons. The molecule has 1 saturated carbocycles. The van der Waals surface area contributed by atoms with Gasteiger partial charge in [0.1, 0.15) is 6.10 Å². The number of methoxy groups -OCH3 is 1. The third-order valence-corrected chi connectivity index (χ3v) is 6.21. The quantitative estimate of drug-likeness (QED) is 0.236. The van der Waals surface area contributed by atoms with E-state index in [4.69, 9.17) is 14.2 Å². The van der Waals surface area contributed by atoms with Crippen molar-refractivity contribution >= 4 is 11.9 Å². The number of aliphatic hydroxyl groups excluding tert-OH is 2. The van der Waals surface area contributed by atoms with Crippen molar-refractivity contribution in [2.24, 2.45) is 5.92 Å². The Hall–Kier alpha value is -3.90. The van der Waals surface area contributed by atoms with E-state index in [2.05, 4.69) is 0 Å². The number of esters is 2. The van der Waals surface area contributed by atoms with Crippen LogP contribution in [-0.2, 0) is 9.47 Å². The molecule has 0 aromatic heterocycles. The van der Waals surface area contributed by atoms with Gasteiger partial charge in [0.2, 0.25) is 11.5 Å². The first-order chi connectivity index (χ1) is 16.1. The predicted octanol–water partition coefficient (Wildman–Crippen LogP) is 0.444. The van der Waals surface area contributed by atoms with Gasteiger partial charge < -0.3 is 50.0 Å². The van der Waals surface area contributed by atoms with Gasteiger partial charge in [0.05, 0.1) is 24.3 Å². The smallest absolute Gasteiger partial charge is 0.339 e. The number of ether oxygens (including phenoxy) is 3. The van der Waals surface area contributed by atoms with Gasteiger partial charge >= 0.3 is 11.9 Å². The Kier molecular flexibility index (Phi) is 5.79. The fourth-order valence-corrected chi connectivity index (χ4v) is 4.49. The van der Waals surface area contributed by atoms with Gasteiger partial charge in [-0.15, -0.1) is 0 Å². The number of carbonyl (C=O) groups is 2. The molecule has 0 bridgehead atoms. The topological polar surface area (TPSA) is 203 Å². The highest BCUT2D eigenvalue weighted by Gasteiger charge is 2.53. The van der Waals surface area contributed by atoms with Crippen LogP contribution in [0.3, 0.4) is 0 Å². The summed E-state index contributed by atoms with van der Waals surface area (Å²) in [6.45, 7) is -0.541. The van der Waals surface area contributed by atoms with E-state index in [1.54, 1.807) is 0 Å². The van der Waals surface area contributed by atoms with Gasteiger partial charge in [-0.05, 0) is 24.6 Å². The van der Waals surface area contributed by atoms with E-state index in [0.29, 0.717) is 0 Å². The zero-order valence-electron chi connectivity index (χ0n) is 17.7. The first-order valence-corrected chi connectivity index (χ1v) is 10.2. The Balaban J connectivity index is 1.74. The molecule has 5 atom stereocenters. The number of aliphatic hydroxyl groups is 2. The van der Waals surface area contributed by atoms with Gasteiger partial charge in [-0.2, -0.15) is 0 Å². The molecule has 0 amide bonds. The Morgan fingerprint density at radius 1 is 1.06 bits per heavy atom. The van der Waals surface area contributed by atoms with Gasteiger partial charge in [0.25, 0.3) is 0 Å². The van der Waals surface area contributed by atoms with Crippen molar-refractivity contribution in [3.05, 3.63) is 34.9 Å². The summed E-state index contributed by atoms with van der Waals surface area (Å²) in [5.74, 6) is -7.73. The molecule has 2 aromatic carbocycles. The molecule has 12 heteroatoms. The molecule has 1 fully saturated rings. The van der Waals surface area contributed by atoms with Crippen molar-refractivity contribution in [1.82, 2.24) is 0 Å². The molecule has 2 aromatic rings. The summed E-state index contributed by atoms with van der Waals surface area (Å²) in [6, 6.07) is 2.92. The van der Waals surface area contributed by atoms with Gasteiger partial charge in [-0.3, -0.25) is 0 Å². The molecule has 182 valence electrons. The zero-order chi connectivity index (χ0) is 24.9. The number of hydrogen-bond donors (Lipinski definition) is 7. The standard InChI is InChI=1S/C22H22O12/c1-32-13-4-7(3-11(24)16(13)27)21(30)34-20-15(26)8(6-23)2-9-14-10(22(31)33-19(9)20)5-12(25)17(28)18(14)29/h3-5,8-9,15,19-20,23-29H,2,6H2,1H3. The molecule has 5 unspecified atom stereocenters. The Bertz CT molecular complexity index is 1160. The Morgan fingerprint density at radius 3 is 2.38 bits per heavy atom. The molecule has 34 heavy (non-hydrogen) atoms. The summed E-state index contributed by atoms with van der Waals surface area (Å²) in [5.41, 5.74) is -0.553. The summed E-state index contributed by atoms with van der Waals surface area (Å²) in [7, 11) is 1.20. The van der Waals surface area contributed by atoms with E-state index >= 15 is 0 Å². The zero-order valence-corrected chi connectivity index (χ0v) is 17.7. The number of carbonyl (C=O) groups excluding carboxylic acids is 2. The van der Waals surface area contributed by atoms with Crippen molar-refractivity contribution in [2.75, 3.05) is 13.7 Å².